The maximum atomic E-state index is 6.38. The molecule has 1 heterocycles. The molecule has 2 nitrogen and oxygen atoms in total. The highest BCUT2D eigenvalue weighted by molar-refractivity contribution is 6.33. The largest absolute Gasteiger partial charge is 0.354 e. The minimum atomic E-state index is 0.706. The molecule has 148 valence electrons. The van der Waals surface area contributed by atoms with Crippen LogP contribution in [0.25, 0.3) is 38.3 Å². The van der Waals surface area contributed by atoms with Crippen molar-refractivity contribution in [3.05, 3.63) is 114 Å². The number of nitrogens with one attached hydrogen (secondary N) is 1. The first-order valence-corrected chi connectivity index (χ1v) is 10.7. The molecule has 0 saturated carbocycles. The van der Waals surface area contributed by atoms with Crippen LogP contribution < -0.4 is 5.32 Å². The van der Waals surface area contributed by atoms with E-state index in [1.165, 1.54) is 27.1 Å². The molecule has 1 N–H and O–H groups in total. The number of para-hydroxylation sites is 2. The number of benzene rings is 5. The van der Waals surface area contributed by atoms with Crippen LogP contribution in [0.3, 0.4) is 0 Å². The maximum absolute atomic E-state index is 6.38. The van der Waals surface area contributed by atoms with Gasteiger partial charge in [0.05, 0.1) is 21.7 Å². The molecule has 6 rings (SSSR count). The van der Waals surface area contributed by atoms with Crippen LogP contribution in [-0.2, 0) is 0 Å². The Morgan fingerprint density at radius 2 is 1.39 bits per heavy atom. The van der Waals surface area contributed by atoms with Crippen LogP contribution in [0.4, 0.5) is 11.4 Å². The number of aromatic nitrogens is 1. The van der Waals surface area contributed by atoms with Crippen molar-refractivity contribution < 1.29 is 0 Å². The summed E-state index contributed by atoms with van der Waals surface area (Å²) in [5.74, 6) is 0. The number of halogens is 1. The van der Waals surface area contributed by atoms with Crippen molar-refractivity contribution in [3.63, 3.8) is 0 Å². The van der Waals surface area contributed by atoms with E-state index in [1.54, 1.807) is 0 Å². The number of anilines is 2. The SMILES string of the molecule is Clc1ccccc1Nc1ccc2c3c4ccccc4ccc3n(-c3ccccc3)c2c1. The number of hydrogen-bond acceptors (Lipinski definition) is 1. The summed E-state index contributed by atoms with van der Waals surface area (Å²) >= 11 is 6.38. The van der Waals surface area contributed by atoms with Crippen LogP contribution in [0.15, 0.2) is 109 Å². The third-order valence-corrected chi connectivity index (χ3v) is 6.15. The molecule has 5 aromatic carbocycles. The molecular formula is C28H19ClN2. The van der Waals surface area contributed by atoms with Gasteiger partial charge in [0, 0.05) is 22.1 Å². The summed E-state index contributed by atoms with van der Waals surface area (Å²) in [6, 6.07) is 37.9. The maximum Gasteiger partial charge on any atom is 0.0640 e. The minimum absolute atomic E-state index is 0.706. The van der Waals surface area contributed by atoms with Crippen molar-refractivity contribution in [3.8, 4) is 5.69 Å². The van der Waals surface area contributed by atoms with Crippen LogP contribution in [0.1, 0.15) is 0 Å². The Balaban J connectivity index is 1.67. The first-order chi connectivity index (χ1) is 15.3. The molecule has 0 aliphatic rings. The summed E-state index contributed by atoms with van der Waals surface area (Å²) < 4.78 is 2.34. The molecule has 1 aromatic heterocycles. The average Bonchev–Trinajstić information content (AvgIpc) is 3.15. The fourth-order valence-corrected chi connectivity index (χ4v) is 4.62. The number of rotatable bonds is 3. The van der Waals surface area contributed by atoms with Gasteiger partial charge in [-0.3, -0.25) is 0 Å². The standard InChI is InChI=1S/C28H19ClN2/c29-24-12-6-7-13-25(24)30-20-15-16-23-27(18-20)31(21-9-2-1-3-10-21)26-17-14-19-8-4-5-11-22(19)28(23)26/h1-18,30H. The molecule has 0 spiro atoms. The van der Waals surface area contributed by atoms with Crippen molar-refractivity contribution in [1.29, 1.82) is 0 Å². The Bertz CT molecular complexity index is 1560. The van der Waals surface area contributed by atoms with E-state index >= 15 is 0 Å². The first kappa shape index (κ1) is 18.1. The van der Waals surface area contributed by atoms with Gasteiger partial charge in [-0.05, 0) is 53.2 Å². The van der Waals surface area contributed by atoms with E-state index in [4.69, 9.17) is 11.6 Å². The Morgan fingerprint density at radius 1 is 0.613 bits per heavy atom. The Morgan fingerprint density at radius 3 is 2.26 bits per heavy atom. The van der Waals surface area contributed by atoms with Crippen LogP contribution in [0.5, 0.6) is 0 Å². The third-order valence-electron chi connectivity index (χ3n) is 5.82. The van der Waals surface area contributed by atoms with Gasteiger partial charge in [-0.15, -0.1) is 0 Å². The first-order valence-electron chi connectivity index (χ1n) is 10.3. The van der Waals surface area contributed by atoms with E-state index in [-0.39, 0.29) is 0 Å². The lowest BCUT2D eigenvalue weighted by atomic mass is 10.0. The molecule has 0 unspecified atom stereocenters. The molecule has 0 aliphatic carbocycles. The van der Waals surface area contributed by atoms with E-state index in [0.717, 1.165) is 22.6 Å². The highest BCUT2D eigenvalue weighted by Crippen LogP contribution is 2.38. The second kappa shape index (κ2) is 7.19. The Hall–Kier alpha value is -3.75. The molecule has 0 aliphatic heterocycles. The van der Waals surface area contributed by atoms with Crippen molar-refractivity contribution >= 4 is 55.6 Å². The predicted octanol–water partition coefficient (Wildman–Crippen LogP) is 8.33. The third kappa shape index (κ3) is 2.96. The van der Waals surface area contributed by atoms with Gasteiger partial charge in [-0.2, -0.15) is 0 Å². The second-order valence-electron chi connectivity index (χ2n) is 7.69. The molecule has 31 heavy (non-hydrogen) atoms. The summed E-state index contributed by atoms with van der Waals surface area (Å²) in [6.45, 7) is 0. The summed E-state index contributed by atoms with van der Waals surface area (Å²) in [4.78, 5) is 0. The monoisotopic (exact) mass is 418 g/mol. The normalized spacial score (nSPS) is 11.4. The van der Waals surface area contributed by atoms with Crippen molar-refractivity contribution in [2.75, 3.05) is 5.32 Å². The van der Waals surface area contributed by atoms with Crippen LogP contribution >= 0.6 is 11.6 Å². The topological polar surface area (TPSA) is 17.0 Å². The summed E-state index contributed by atoms with van der Waals surface area (Å²) in [5, 5.41) is 9.22. The number of fused-ring (bicyclic) bond motifs is 5. The van der Waals surface area contributed by atoms with Crippen molar-refractivity contribution in [2.24, 2.45) is 0 Å². The quantitative estimate of drug-likeness (QED) is 0.305. The van der Waals surface area contributed by atoms with Gasteiger partial charge in [0.25, 0.3) is 0 Å². The fraction of sp³-hybridized carbons (Fsp3) is 0. The van der Waals surface area contributed by atoms with Gasteiger partial charge < -0.3 is 9.88 Å². The summed E-state index contributed by atoms with van der Waals surface area (Å²) in [6.07, 6.45) is 0. The summed E-state index contributed by atoms with van der Waals surface area (Å²) in [5.41, 5.74) is 5.42. The zero-order chi connectivity index (χ0) is 20.8. The lowest BCUT2D eigenvalue weighted by Gasteiger charge is -2.11. The lowest BCUT2D eigenvalue weighted by Crippen LogP contribution is -1.95. The van der Waals surface area contributed by atoms with E-state index in [2.05, 4.69) is 94.8 Å². The second-order valence-corrected chi connectivity index (χ2v) is 8.10. The molecule has 6 aromatic rings. The Kier molecular flexibility index (Phi) is 4.19. The molecule has 0 saturated heterocycles. The fourth-order valence-electron chi connectivity index (χ4n) is 4.44. The van der Waals surface area contributed by atoms with Crippen LogP contribution in [0.2, 0.25) is 5.02 Å². The number of hydrogen-bond donors (Lipinski definition) is 1. The molecule has 3 heteroatoms. The lowest BCUT2D eigenvalue weighted by molar-refractivity contribution is 1.18. The highest BCUT2D eigenvalue weighted by atomic mass is 35.5. The predicted molar refractivity (Wildman–Crippen MR) is 133 cm³/mol. The molecule has 0 bridgehead atoms. The van der Waals surface area contributed by atoms with Gasteiger partial charge in [-0.1, -0.05) is 78.3 Å². The van der Waals surface area contributed by atoms with Crippen molar-refractivity contribution in [1.82, 2.24) is 4.57 Å². The van der Waals surface area contributed by atoms with Gasteiger partial charge in [0.1, 0.15) is 0 Å². The van der Waals surface area contributed by atoms with Crippen LogP contribution in [0, 0.1) is 0 Å². The molecule has 0 radical (unpaired) electrons. The average molecular weight is 419 g/mol. The van der Waals surface area contributed by atoms with E-state index < -0.39 is 0 Å². The number of nitrogens with zero attached hydrogens (tertiary/aromatic N) is 1. The van der Waals surface area contributed by atoms with Crippen molar-refractivity contribution in [2.45, 2.75) is 0 Å². The van der Waals surface area contributed by atoms with Gasteiger partial charge in [-0.25, -0.2) is 0 Å². The zero-order valence-electron chi connectivity index (χ0n) is 16.7. The van der Waals surface area contributed by atoms with E-state index in [9.17, 15) is 0 Å². The minimum Gasteiger partial charge on any atom is -0.354 e. The smallest absolute Gasteiger partial charge is 0.0640 e. The summed E-state index contributed by atoms with van der Waals surface area (Å²) in [7, 11) is 0. The van der Waals surface area contributed by atoms with Gasteiger partial charge in [0.15, 0.2) is 0 Å². The highest BCUT2D eigenvalue weighted by Gasteiger charge is 2.15. The Labute approximate surface area is 185 Å². The van der Waals surface area contributed by atoms with Gasteiger partial charge in [0.2, 0.25) is 0 Å². The molecule has 0 fully saturated rings. The van der Waals surface area contributed by atoms with E-state index in [0.29, 0.717) is 5.02 Å². The van der Waals surface area contributed by atoms with Crippen LogP contribution in [-0.4, -0.2) is 4.57 Å². The van der Waals surface area contributed by atoms with Gasteiger partial charge >= 0.3 is 0 Å². The molecule has 0 amide bonds. The van der Waals surface area contributed by atoms with E-state index in [1.807, 2.05) is 24.3 Å². The molecular weight excluding hydrogens is 400 g/mol. The zero-order valence-corrected chi connectivity index (χ0v) is 17.5. The molecule has 0 atom stereocenters.